The summed E-state index contributed by atoms with van der Waals surface area (Å²) in [5.41, 5.74) is 6.06. The molecule has 0 aromatic carbocycles. The third kappa shape index (κ3) is 2.76. The lowest BCUT2D eigenvalue weighted by Crippen LogP contribution is -2.47. The van der Waals surface area contributed by atoms with Gasteiger partial charge < -0.3 is 15.6 Å². The summed E-state index contributed by atoms with van der Waals surface area (Å²) < 4.78 is 4.99. The van der Waals surface area contributed by atoms with E-state index in [4.69, 9.17) is 10.3 Å². The van der Waals surface area contributed by atoms with Crippen molar-refractivity contribution in [1.29, 1.82) is 0 Å². The molecule has 5 nitrogen and oxygen atoms in total. The van der Waals surface area contributed by atoms with Crippen LogP contribution in [-0.4, -0.2) is 22.2 Å². The van der Waals surface area contributed by atoms with Crippen molar-refractivity contribution in [1.82, 2.24) is 15.5 Å². The highest BCUT2D eigenvalue weighted by Gasteiger charge is 2.37. The fraction of sp³-hybridized carbons (Fsp3) is 0.800. The average molecular weight is 210 g/mol. The molecule has 1 heterocycles. The molecule has 0 bridgehead atoms. The zero-order valence-electron chi connectivity index (χ0n) is 9.29. The predicted octanol–water partition coefficient (Wildman–Crippen LogP) is 0.595. The van der Waals surface area contributed by atoms with Gasteiger partial charge in [0.15, 0.2) is 5.82 Å². The minimum atomic E-state index is -0.102. The highest BCUT2D eigenvalue weighted by molar-refractivity contribution is 4.97. The van der Waals surface area contributed by atoms with Gasteiger partial charge >= 0.3 is 0 Å². The van der Waals surface area contributed by atoms with Gasteiger partial charge in [0.05, 0.1) is 6.54 Å². The molecule has 1 unspecified atom stereocenters. The summed E-state index contributed by atoms with van der Waals surface area (Å²) in [5, 5.41) is 6.98. The van der Waals surface area contributed by atoms with Crippen molar-refractivity contribution in [3.05, 3.63) is 11.7 Å². The minimum Gasteiger partial charge on any atom is -0.338 e. The molecule has 0 spiro atoms. The van der Waals surface area contributed by atoms with Gasteiger partial charge in [-0.15, -0.1) is 0 Å². The Labute approximate surface area is 89.4 Å². The third-order valence-corrected chi connectivity index (χ3v) is 2.86. The van der Waals surface area contributed by atoms with E-state index < -0.39 is 0 Å². The van der Waals surface area contributed by atoms with E-state index in [-0.39, 0.29) is 5.54 Å². The first kappa shape index (κ1) is 10.6. The van der Waals surface area contributed by atoms with Crippen molar-refractivity contribution in [2.75, 3.05) is 6.54 Å². The molecule has 1 fully saturated rings. The zero-order chi connectivity index (χ0) is 10.9. The normalized spacial score (nSPS) is 20.2. The standard InChI is InChI=1S/C10H18N4O/c1-7-13-9(15-14-7)5-12-6-10(2,11)8-3-4-8/h8,12H,3-6,11H2,1-2H3. The summed E-state index contributed by atoms with van der Waals surface area (Å²) in [6.07, 6.45) is 2.52. The van der Waals surface area contributed by atoms with Gasteiger partial charge in [0.1, 0.15) is 0 Å². The van der Waals surface area contributed by atoms with Gasteiger partial charge in [0.2, 0.25) is 5.89 Å². The predicted molar refractivity (Wildman–Crippen MR) is 56.1 cm³/mol. The minimum absolute atomic E-state index is 0.102. The van der Waals surface area contributed by atoms with Crippen LogP contribution in [0.15, 0.2) is 4.52 Å². The van der Waals surface area contributed by atoms with E-state index in [9.17, 15) is 0 Å². The maximum absolute atomic E-state index is 6.16. The van der Waals surface area contributed by atoms with E-state index in [0.29, 0.717) is 24.2 Å². The van der Waals surface area contributed by atoms with Gasteiger partial charge in [-0.2, -0.15) is 4.98 Å². The number of hydrogen-bond donors (Lipinski definition) is 2. The van der Waals surface area contributed by atoms with Gasteiger partial charge in [0.25, 0.3) is 0 Å². The molecule has 3 N–H and O–H groups in total. The highest BCUT2D eigenvalue weighted by atomic mass is 16.5. The van der Waals surface area contributed by atoms with Gasteiger partial charge in [-0.1, -0.05) is 5.16 Å². The molecule has 15 heavy (non-hydrogen) atoms. The first-order chi connectivity index (χ1) is 7.08. The Morgan fingerprint density at radius 1 is 1.60 bits per heavy atom. The van der Waals surface area contributed by atoms with Gasteiger partial charge in [-0.25, -0.2) is 0 Å². The van der Waals surface area contributed by atoms with Crippen molar-refractivity contribution < 1.29 is 4.52 Å². The van der Waals surface area contributed by atoms with Crippen molar-refractivity contribution in [2.24, 2.45) is 11.7 Å². The Hall–Kier alpha value is -0.940. The Balaban J connectivity index is 1.74. The molecule has 1 aromatic heterocycles. The fourth-order valence-corrected chi connectivity index (χ4v) is 1.74. The van der Waals surface area contributed by atoms with E-state index in [1.165, 1.54) is 12.8 Å². The zero-order valence-corrected chi connectivity index (χ0v) is 9.29. The molecular formula is C10H18N4O. The third-order valence-electron chi connectivity index (χ3n) is 2.86. The number of rotatable bonds is 5. The molecule has 84 valence electrons. The van der Waals surface area contributed by atoms with Crippen molar-refractivity contribution in [3.63, 3.8) is 0 Å². The quantitative estimate of drug-likeness (QED) is 0.744. The number of hydrogen-bond acceptors (Lipinski definition) is 5. The maximum atomic E-state index is 6.16. The Morgan fingerprint density at radius 2 is 2.33 bits per heavy atom. The maximum Gasteiger partial charge on any atom is 0.240 e. The van der Waals surface area contributed by atoms with E-state index in [1.54, 1.807) is 0 Å². The second-order valence-electron chi connectivity index (χ2n) is 4.62. The van der Waals surface area contributed by atoms with Crippen molar-refractivity contribution >= 4 is 0 Å². The van der Waals surface area contributed by atoms with Gasteiger partial charge in [-0.3, -0.25) is 0 Å². The summed E-state index contributed by atoms with van der Waals surface area (Å²) in [5.74, 6) is 1.97. The molecule has 1 aliphatic carbocycles. The number of nitrogens with zero attached hydrogens (tertiary/aromatic N) is 2. The molecule has 1 aliphatic rings. The van der Waals surface area contributed by atoms with Crippen molar-refractivity contribution in [3.8, 4) is 0 Å². The van der Waals surface area contributed by atoms with Crippen LogP contribution in [0, 0.1) is 12.8 Å². The SMILES string of the molecule is Cc1noc(CNCC(C)(N)C2CC2)n1. The molecule has 0 saturated heterocycles. The molecular weight excluding hydrogens is 192 g/mol. The number of nitrogens with one attached hydrogen (secondary N) is 1. The lowest BCUT2D eigenvalue weighted by Gasteiger charge is -2.24. The Bertz CT molecular complexity index is 330. The Morgan fingerprint density at radius 3 is 2.87 bits per heavy atom. The molecule has 2 rings (SSSR count). The Kier molecular flexibility index (Phi) is 2.75. The number of aryl methyl sites for hydroxylation is 1. The molecule has 0 amide bonds. The van der Waals surface area contributed by atoms with Gasteiger partial charge in [0, 0.05) is 12.1 Å². The van der Waals surface area contributed by atoms with Crippen LogP contribution < -0.4 is 11.1 Å². The number of aromatic nitrogens is 2. The fourth-order valence-electron chi connectivity index (χ4n) is 1.74. The summed E-state index contributed by atoms with van der Waals surface area (Å²) in [4.78, 5) is 4.11. The van der Waals surface area contributed by atoms with Crippen LogP contribution in [-0.2, 0) is 6.54 Å². The number of nitrogens with two attached hydrogens (primary N) is 1. The topological polar surface area (TPSA) is 77.0 Å². The van der Waals surface area contributed by atoms with Gasteiger partial charge in [-0.05, 0) is 32.6 Å². The summed E-state index contributed by atoms with van der Waals surface area (Å²) in [6, 6.07) is 0. The van der Waals surface area contributed by atoms with E-state index in [0.717, 1.165) is 6.54 Å². The first-order valence-corrected chi connectivity index (χ1v) is 5.37. The second kappa shape index (κ2) is 3.90. The first-order valence-electron chi connectivity index (χ1n) is 5.37. The summed E-state index contributed by atoms with van der Waals surface area (Å²) >= 11 is 0. The largest absolute Gasteiger partial charge is 0.338 e. The van der Waals surface area contributed by atoms with Crippen LogP contribution in [0.2, 0.25) is 0 Å². The molecule has 1 saturated carbocycles. The van der Waals surface area contributed by atoms with Crippen LogP contribution in [0.5, 0.6) is 0 Å². The average Bonchev–Trinajstić information content (AvgIpc) is 2.92. The molecule has 5 heteroatoms. The van der Waals surface area contributed by atoms with Crippen LogP contribution in [0.4, 0.5) is 0 Å². The van der Waals surface area contributed by atoms with E-state index in [1.807, 2.05) is 6.92 Å². The van der Waals surface area contributed by atoms with Crippen LogP contribution in [0.25, 0.3) is 0 Å². The lowest BCUT2D eigenvalue weighted by molar-refractivity contribution is 0.338. The van der Waals surface area contributed by atoms with Crippen LogP contribution >= 0.6 is 0 Å². The monoisotopic (exact) mass is 210 g/mol. The lowest BCUT2D eigenvalue weighted by atomic mass is 9.97. The molecule has 1 aromatic rings. The highest BCUT2D eigenvalue weighted by Crippen LogP contribution is 2.37. The van der Waals surface area contributed by atoms with E-state index in [2.05, 4.69) is 22.4 Å². The second-order valence-corrected chi connectivity index (χ2v) is 4.62. The van der Waals surface area contributed by atoms with Crippen molar-refractivity contribution in [2.45, 2.75) is 38.8 Å². The van der Waals surface area contributed by atoms with Crippen LogP contribution in [0.1, 0.15) is 31.5 Å². The smallest absolute Gasteiger partial charge is 0.240 e. The van der Waals surface area contributed by atoms with Crippen LogP contribution in [0.3, 0.4) is 0 Å². The summed E-state index contributed by atoms with van der Waals surface area (Å²) in [6.45, 7) is 5.29. The molecule has 1 atom stereocenters. The molecule has 0 radical (unpaired) electrons. The molecule has 0 aliphatic heterocycles. The summed E-state index contributed by atoms with van der Waals surface area (Å²) in [7, 11) is 0. The van der Waals surface area contributed by atoms with E-state index >= 15 is 0 Å².